The van der Waals surface area contributed by atoms with E-state index in [-0.39, 0.29) is 11.6 Å². The van der Waals surface area contributed by atoms with Gasteiger partial charge in [-0.05, 0) is 49.6 Å². The maximum atomic E-state index is 13.5. The van der Waals surface area contributed by atoms with E-state index in [1.54, 1.807) is 26.0 Å². The highest BCUT2D eigenvalue weighted by molar-refractivity contribution is 5.97. The predicted octanol–water partition coefficient (Wildman–Crippen LogP) is 4.18. The fourth-order valence-corrected chi connectivity index (χ4v) is 2.10. The number of aryl methyl sites for hydroxylation is 3. The Morgan fingerprint density at radius 1 is 1.00 bits per heavy atom. The van der Waals surface area contributed by atoms with Crippen LogP contribution in [0.5, 0.6) is 0 Å². The average molecular weight is 256 g/mol. The van der Waals surface area contributed by atoms with E-state index in [0.29, 0.717) is 23.1 Å². The Balaban J connectivity index is 2.23. The average Bonchev–Trinajstić information content (AvgIpc) is 2.38. The summed E-state index contributed by atoms with van der Waals surface area (Å²) in [6.07, 6.45) is 0.352. The summed E-state index contributed by atoms with van der Waals surface area (Å²) in [5.41, 5.74) is 3.77. The van der Waals surface area contributed by atoms with Crippen molar-refractivity contribution in [3.8, 4) is 0 Å². The Kier molecular flexibility index (Phi) is 3.79. The maximum absolute atomic E-state index is 13.5. The SMILES string of the molecule is Cc1ccc(CC(=O)c2cc(C)c(F)c(C)c2)cc1. The zero-order valence-corrected chi connectivity index (χ0v) is 11.5. The standard InChI is InChI=1S/C17H17FO/c1-11-4-6-14(7-5-11)10-16(19)15-8-12(2)17(18)13(3)9-15/h4-9H,10H2,1-3H3. The zero-order chi connectivity index (χ0) is 14.0. The molecule has 0 amide bonds. The molecule has 0 aliphatic rings. The van der Waals surface area contributed by atoms with Gasteiger partial charge in [0.05, 0.1) is 0 Å². The maximum Gasteiger partial charge on any atom is 0.167 e. The lowest BCUT2D eigenvalue weighted by Gasteiger charge is -2.06. The van der Waals surface area contributed by atoms with Gasteiger partial charge in [0.25, 0.3) is 0 Å². The van der Waals surface area contributed by atoms with Crippen LogP contribution in [0.4, 0.5) is 4.39 Å². The number of hydrogen-bond acceptors (Lipinski definition) is 1. The first-order valence-corrected chi connectivity index (χ1v) is 6.33. The lowest BCUT2D eigenvalue weighted by Crippen LogP contribution is -2.05. The quantitative estimate of drug-likeness (QED) is 0.753. The summed E-state index contributed by atoms with van der Waals surface area (Å²) in [6, 6.07) is 11.1. The Bertz CT molecular complexity index is 589. The molecule has 0 aliphatic heterocycles. The van der Waals surface area contributed by atoms with Crippen molar-refractivity contribution in [2.75, 3.05) is 0 Å². The molecule has 0 spiro atoms. The van der Waals surface area contributed by atoms with E-state index in [1.165, 1.54) is 5.56 Å². The van der Waals surface area contributed by atoms with Crippen molar-refractivity contribution in [3.05, 3.63) is 70.0 Å². The molecule has 2 heteroatoms. The van der Waals surface area contributed by atoms with Crippen molar-refractivity contribution in [3.63, 3.8) is 0 Å². The second-order valence-electron chi connectivity index (χ2n) is 5.01. The molecule has 0 aromatic heterocycles. The van der Waals surface area contributed by atoms with Crippen LogP contribution in [0, 0.1) is 26.6 Å². The number of benzene rings is 2. The summed E-state index contributed by atoms with van der Waals surface area (Å²) in [5, 5.41) is 0. The van der Waals surface area contributed by atoms with Gasteiger partial charge in [0.1, 0.15) is 5.82 Å². The molecule has 98 valence electrons. The van der Waals surface area contributed by atoms with Gasteiger partial charge in [-0.15, -0.1) is 0 Å². The molecule has 0 fully saturated rings. The molecule has 2 aromatic rings. The van der Waals surface area contributed by atoms with Gasteiger partial charge < -0.3 is 0 Å². The van der Waals surface area contributed by atoms with E-state index in [4.69, 9.17) is 0 Å². The molecule has 19 heavy (non-hydrogen) atoms. The summed E-state index contributed by atoms with van der Waals surface area (Å²) in [5.74, 6) is -0.207. The first-order chi connectivity index (χ1) is 8.97. The largest absolute Gasteiger partial charge is 0.294 e. The van der Waals surface area contributed by atoms with Gasteiger partial charge in [0.15, 0.2) is 5.78 Å². The summed E-state index contributed by atoms with van der Waals surface area (Å²) < 4.78 is 13.5. The number of ketones is 1. The minimum Gasteiger partial charge on any atom is -0.294 e. The van der Waals surface area contributed by atoms with E-state index in [0.717, 1.165) is 5.56 Å². The Morgan fingerprint density at radius 2 is 1.53 bits per heavy atom. The third kappa shape index (κ3) is 3.08. The van der Waals surface area contributed by atoms with Crippen LogP contribution in [0.1, 0.15) is 32.6 Å². The molecular weight excluding hydrogens is 239 g/mol. The minimum atomic E-state index is -0.230. The van der Waals surface area contributed by atoms with Crippen molar-refractivity contribution in [2.24, 2.45) is 0 Å². The second-order valence-corrected chi connectivity index (χ2v) is 5.01. The Hall–Kier alpha value is -1.96. The summed E-state index contributed by atoms with van der Waals surface area (Å²) >= 11 is 0. The minimum absolute atomic E-state index is 0.0232. The van der Waals surface area contributed by atoms with Gasteiger partial charge in [0, 0.05) is 12.0 Å². The van der Waals surface area contributed by atoms with Crippen LogP contribution >= 0.6 is 0 Å². The van der Waals surface area contributed by atoms with Crippen LogP contribution in [-0.2, 0) is 6.42 Å². The van der Waals surface area contributed by atoms with Gasteiger partial charge in [-0.3, -0.25) is 4.79 Å². The number of Topliss-reactive ketones (excluding diaryl/α,β-unsaturated/α-hetero) is 1. The Morgan fingerprint density at radius 3 is 2.05 bits per heavy atom. The summed E-state index contributed by atoms with van der Waals surface area (Å²) in [6.45, 7) is 5.38. The molecular formula is C17H17FO. The number of hydrogen-bond donors (Lipinski definition) is 0. The molecule has 0 unspecified atom stereocenters. The van der Waals surface area contributed by atoms with Crippen molar-refractivity contribution in [2.45, 2.75) is 27.2 Å². The smallest absolute Gasteiger partial charge is 0.167 e. The normalized spacial score (nSPS) is 10.5. The number of halogens is 1. The van der Waals surface area contributed by atoms with Crippen LogP contribution in [-0.4, -0.2) is 5.78 Å². The van der Waals surface area contributed by atoms with E-state index in [2.05, 4.69) is 0 Å². The highest BCUT2D eigenvalue weighted by atomic mass is 19.1. The molecule has 0 saturated heterocycles. The molecule has 2 aromatic carbocycles. The van der Waals surface area contributed by atoms with Gasteiger partial charge in [-0.1, -0.05) is 29.8 Å². The van der Waals surface area contributed by atoms with Crippen LogP contribution in [0.25, 0.3) is 0 Å². The van der Waals surface area contributed by atoms with Gasteiger partial charge in [-0.25, -0.2) is 4.39 Å². The van der Waals surface area contributed by atoms with E-state index < -0.39 is 0 Å². The number of carbonyl (C=O) groups excluding carboxylic acids is 1. The van der Waals surface area contributed by atoms with Crippen molar-refractivity contribution in [1.82, 2.24) is 0 Å². The molecule has 0 aliphatic carbocycles. The highest BCUT2D eigenvalue weighted by Gasteiger charge is 2.11. The highest BCUT2D eigenvalue weighted by Crippen LogP contribution is 2.16. The van der Waals surface area contributed by atoms with Crippen LogP contribution < -0.4 is 0 Å². The van der Waals surface area contributed by atoms with Crippen molar-refractivity contribution in [1.29, 1.82) is 0 Å². The van der Waals surface area contributed by atoms with Crippen molar-refractivity contribution < 1.29 is 9.18 Å². The van der Waals surface area contributed by atoms with Crippen LogP contribution in [0.15, 0.2) is 36.4 Å². The van der Waals surface area contributed by atoms with E-state index in [9.17, 15) is 9.18 Å². The molecule has 0 atom stereocenters. The van der Waals surface area contributed by atoms with Crippen LogP contribution in [0.2, 0.25) is 0 Å². The fraction of sp³-hybridized carbons (Fsp3) is 0.235. The first-order valence-electron chi connectivity index (χ1n) is 6.33. The molecule has 0 heterocycles. The van der Waals surface area contributed by atoms with Gasteiger partial charge >= 0.3 is 0 Å². The summed E-state index contributed by atoms with van der Waals surface area (Å²) in [4.78, 5) is 12.2. The molecule has 2 rings (SSSR count). The zero-order valence-electron chi connectivity index (χ0n) is 11.5. The topological polar surface area (TPSA) is 17.1 Å². The van der Waals surface area contributed by atoms with Crippen LogP contribution in [0.3, 0.4) is 0 Å². The van der Waals surface area contributed by atoms with Crippen molar-refractivity contribution >= 4 is 5.78 Å². The summed E-state index contributed by atoms with van der Waals surface area (Å²) in [7, 11) is 0. The second kappa shape index (κ2) is 5.35. The monoisotopic (exact) mass is 256 g/mol. The number of rotatable bonds is 3. The lowest BCUT2D eigenvalue weighted by molar-refractivity contribution is 0.0992. The van der Waals surface area contributed by atoms with E-state index >= 15 is 0 Å². The molecule has 0 radical (unpaired) electrons. The predicted molar refractivity (Wildman–Crippen MR) is 75.1 cm³/mol. The third-order valence-corrected chi connectivity index (χ3v) is 3.24. The third-order valence-electron chi connectivity index (χ3n) is 3.24. The van der Waals surface area contributed by atoms with Gasteiger partial charge in [-0.2, -0.15) is 0 Å². The Labute approximate surface area is 113 Å². The fourth-order valence-electron chi connectivity index (χ4n) is 2.10. The molecule has 1 nitrogen and oxygen atoms in total. The number of carbonyl (C=O) groups is 1. The van der Waals surface area contributed by atoms with E-state index in [1.807, 2.05) is 31.2 Å². The molecule has 0 bridgehead atoms. The first kappa shape index (κ1) is 13.5. The lowest BCUT2D eigenvalue weighted by atomic mass is 9.98. The van der Waals surface area contributed by atoms with Gasteiger partial charge in [0.2, 0.25) is 0 Å². The molecule has 0 N–H and O–H groups in total. The molecule has 0 saturated carbocycles.